The van der Waals surface area contributed by atoms with Crippen molar-refractivity contribution < 1.29 is 28.4 Å². The van der Waals surface area contributed by atoms with Crippen molar-refractivity contribution in [1.29, 1.82) is 0 Å². The van der Waals surface area contributed by atoms with Crippen LogP contribution in [-0.4, -0.2) is 42.0 Å². The van der Waals surface area contributed by atoms with Crippen LogP contribution >= 0.6 is 0 Å². The van der Waals surface area contributed by atoms with Crippen LogP contribution in [0.15, 0.2) is 54.6 Å². The van der Waals surface area contributed by atoms with E-state index in [0.29, 0.717) is 0 Å². The van der Waals surface area contributed by atoms with Gasteiger partial charge < -0.3 is 24.1 Å². The van der Waals surface area contributed by atoms with Gasteiger partial charge in [-0.3, -0.25) is 0 Å². The number of alkyl carbamates (subject to hydrolysis) is 1. The van der Waals surface area contributed by atoms with Crippen LogP contribution in [0.2, 0.25) is 0 Å². The number of esters is 1. The smallest absolute Gasteiger partial charge is 0.458 e. The van der Waals surface area contributed by atoms with Crippen molar-refractivity contribution in [2.75, 3.05) is 0 Å². The monoisotopic (exact) mass is 481 g/mol. The summed E-state index contributed by atoms with van der Waals surface area (Å²) in [6, 6.07) is 16.1. The summed E-state index contributed by atoms with van der Waals surface area (Å²) in [5.41, 5.74) is 1.05. The lowest BCUT2D eigenvalue weighted by atomic mass is 9.78. The number of carbonyl (C=O) groups excluding carboxylic acids is 2. The maximum absolute atomic E-state index is 12.9. The second kappa shape index (κ2) is 10.4. The standard InChI is InChI=1S/C27H36BNO6/c1-25(2,3)33-23(30)22(29-24(31)32-18-20-11-9-8-10-12-20)17-19-13-15-21(16-14-19)28-34-26(4,5)27(6,7)35-28/h8-16,22H,17-18H2,1-7H3,(H,29,31). The van der Waals surface area contributed by atoms with Crippen molar-refractivity contribution in [3.63, 3.8) is 0 Å². The lowest BCUT2D eigenvalue weighted by Gasteiger charge is -2.32. The van der Waals surface area contributed by atoms with E-state index in [1.165, 1.54) is 0 Å². The molecule has 1 fully saturated rings. The summed E-state index contributed by atoms with van der Waals surface area (Å²) in [7, 11) is -0.471. The molecular weight excluding hydrogens is 445 g/mol. The van der Waals surface area contributed by atoms with E-state index < -0.39 is 42.0 Å². The van der Waals surface area contributed by atoms with Crippen LogP contribution in [-0.2, 0) is 36.6 Å². The number of amides is 1. The molecule has 1 amide bonds. The molecule has 0 saturated carbocycles. The van der Waals surface area contributed by atoms with Crippen LogP contribution in [0.4, 0.5) is 4.79 Å². The first kappa shape index (κ1) is 26.8. The van der Waals surface area contributed by atoms with Crippen LogP contribution in [0.1, 0.15) is 59.6 Å². The molecule has 3 rings (SSSR count). The number of hydrogen-bond acceptors (Lipinski definition) is 6. The molecular formula is C27H36BNO6. The Morgan fingerprint density at radius 3 is 2.03 bits per heavy atom. The normalized spacial score (nSPS) is 17.5. The van der Waals surface area contributed by atoms with E-state index in [9.17, 15) is 9.59 Å². The highest BCUT2D eigenvalue weighted by molar-refractivity contribution is 6.62. The SMILES string of the molecule is CC(C)(C)OC(=O)C(Cc1ccc(B2OC(C)(C)C(C)(C)O2)cc1)NC(=O)OCc1ccccc1. The minimum Gasteiger partial charge on any atom is -0.458 e. The van der Waals surface area contributed by atoms with Crippen LogP contribution in [0.25, 0.3) is 0 Å². The van der Waals surface area contributed by atoms with Gasteiger partial charge in [-0.1, -0.05) is 54.6 Å². The third-order valence-corrected chi connectivity index (χ3v) is 6.14. The molecule has 188 valence electrons. The third-order valence-electron chi connectivity index (χ3n) is 6.14. The second-order valence-electron chi connectivity index (χ2n) is 10.8. The highest BCUT2D eigenvalue weighted by atomic mass is 16.7. The van der Waals surface area contributed by atoms with E-state index in [2.05, 4.69) is 5.32 Å². The second-order valence-corrected chi connectivity index (χ2v) is 10.8. The van der Waals surface area contributed by atoms with Crippen molar-refractivity contribution >= 4 is 24.6 Å². The largest absolute Gasteiger partial charge is 0.494 e. The number of benzene rings is 2. The van der Waals surface area contributed by atoms with Crippen molar-refractivity contribution in [2.45, 2.75) is 84.3 Å². The van der Waals surface area contributed by atoms with Gasteiger partial charge in [0.25, 0.3) is 0 Å². The number of ether oxygens (including phenoxy) is 2. The van der Waals surface area contributed by atoms with Crippen molar-refractivity contribution in [1.82, 2.24) is 5.32 Å². The summed E-state index contributed by atoms with van der Waals surface area (Å²) < 4.78 is 23.1. The molecule has 1 atom stereocenters. The van der Waals surface area contributed by atoms with E-state index in [0.717, 1.165) is 16.6 Å². The Morgan fingerprint density at radius 2 is 1.49 bits per heavy atom. The van der Waals surface area contributed by atoms with Gasteiger partial charge in [-0.15, -0.1) is 0 Å². The van der Waals surface area contributed by atoms with Gasteiger partial charge in [0, 0.05) is 6.42 Å². The summed E-state index contributed by atoms with van der Waals surface area (Å²) in [6.45, 7) is 13.5. The summed E-state index contributed by atoms with van der Waals surface area (Å²) in [6.07, 6.45) is -0.433. The van der Waals surface area contributed by atoms with E-state index >= 15 is 0 Å². The molecule has 0 aromatic heterocycles. The molecule has 1 aliphatic heterocycles. The Kier molecular flexibility index (Phi) is 7.97. The Hall–Kier alpha value is -2.84. The van der Waals surface area contributed by atoms with Gasteiger partial charge in [0.05, 0.1) is 11.2 Å². The van der Waals surface area contributed by atoms with E-state index in [1.54, 1.807) is 20.8 Å². The fourth-order valence-electron chi connectivity index (χ4n) is 3.50. The lowest BCUT2D eigenvalue weighted by Crippen LogP contribution is -2.45. The molecule has 7 nitrogen and oxygen atoms in total. The molecule has 0 spiro atoms. The van der Waals surface area contributed by atoms with Crippen molar-refractivity contribution in [3.05, 3.63) is 65.7 Å². The Morgan fingerprint density at radius 1 is 0.914 bits per heavy atom. The zero-order chi connectivity index (χ0) is 25.9. The maximum Gasteiger partial charge on any atom is 0.494 e. The van der Waals surface area contributed by atoms with Crippen LogP contribution in [0, 0.1) is 0 Å². The number of nitrogens with one attached hydrogen (secondary N) is 1. The zero-order valence-electron chi connectivity index (χ0n) is 21.7. The van der Waals surface area contributed by atoms with Gasteiger partial charge in [0.1, 0.15) is 18.2 Å². The Bertz CT molecular complexity index is 998. The van der Waals surface area contributed by atoms with Crippen LogP contribution < -0.4 is 10.8 Å². The molecule has 0 bridgehead atoms. The number of carbonyl (C=O) groups is 2. The first-order valence-electron chi connectivity index (χ1n) is 11.9. The zero-order valence-corrected chi connectivity index (χ0v) is 21.7. The van der Waals surface area contributed by atoms with Crippen molar-refractivity contribution in [2.24, 2.45) is 0 Å². The molecule has 0 radical (unpaired) electrons. The predicted octanol–water partition coefficient (Wildman–Crippen LogP) is 4.17. The minimum absolute atomic E-state index is 0.108. The molecule has 2 aromatic carbocycles. The van der Waals surface area contributed by atoms with Gasteiger partial charge in [0.2, 0.25) is 0 Å². The average molecular weight is 481 g/mol. The molecule has 1 N–H and O–H groups in total. The van der Waals surface area contributed by atoms with E-state index in [1.807, 2.05) is 82.3 Å². The molecule has 1 unspecified atom stereocenters. The van der Waals surface area contributed by atoms with E-state index in [-0.39, 0.29) is 13.0 Å². The quantitative estimate of drug-likeness (QED) is 0.472. The molecule has 2 aromatic rings. The molecule has 35 heavy (non-hydrogen) atoms. The third kappa shape index (κ3) is 7.32. The fraction of sp³-hybridized carbons (Fsp3) is 0.481. The molecule has 1 saturated heterocycles. The molecule has 0 aliphatic carbocycles. The van der Waals surface area contributed by atoms with Gasteiger partial charge in [-0.2, -0.15) is 0 Å². The maximum atomic E-state index is 12.9. The minimum atomic E-state index is -0.903. The highest BCUT2D eigenvalue weighted by Crippen LogP contribution is 2.36. The van der Waals surface area contributed by atoms with Crippen LogP contribution in [0.5, 0.6) is 0 Å². The summed E-state index contributed by atoms with van der Waals surface area (Å²) >= 11 is 0. The van der Waals surface area contributed by atoms with Gasteiger partial charge in [-0.05, 0) is 65.1 Å². The summed E-state index contributed by atoms with van der Waals surface area (Å²) in [5.74, 6) is -0.524. The Balaban J connectivity index is 1.67. The van der Waals surface area contributed by atoms with Gasteiger partial charge in [-0.25, -0.2) is 9.59 Å². The first-order valence-corrected chi connectivity index (χ1v) is 11.9. The molecule has 1 heterocycles. The fourth-order valence-corrected chi connectivity index (χ4v) is 3.50. The first-order chi connectivity index (χ1) is 16.3. The van der Waals surface area contributed by atoms with E-state index in [4.69, 9.17) is 18.8 Å². The Labute approximate surface area is 208 Å². The predicted molar refractivity (Wildman–Crippen MR) is 135 cm³/mol. The highest BCUT2D eigenvalue weighted by Gasteiger charge is 2.51. The molecule has 1 aliphatic rings. The average Bonchev–Trinajstić information content (AvgIpc) is 2.99. The van der Waals surface area contributed by atoms with Crippen LogP contribution in [0.3, 0.4) is 0 Å². The van der Waals surface area contributed by atoms with Gasteiger partial charge >= 0.3 is 19.2 Å². The van der Waals surface area contributed by atoms with Gasteiger partial charge in [0.15, 0.2) is 0 Å². The summed E-state index contributed by atoms with van der Waals surface area (Å²) in [5, 5.41) is 2.66. The molecule has 8 heteroatoms. The van der Waals surface area contributed by atoms with Crippen molar-refractivity contribution in [3.8, 4) is 0 Å². The summed E-state index contributed by atoms with van der Waals surface area (Å²) in [4.78, 5) is 25.3. The lowest BCUT2D eigenvalue weighted by molar-refractivity contribution is -0.157. The topological polar surface area (TPSA) is 83.1 Å². The number of rotatable bonds is 7. The number of hydrogen-bond donors (Lipinski definition) is 1.